The normalized spacial score (nSPS) is 11.4. The number of hydrogen-bond acceptors (Lipinski definition) is 4. The highest BCUT2D eigenvalue weighted by molar-refractivity contribution is 6.00. The minimum Gasteiger partial charge on any atom is -0.496 e. The number of ether oxygens (including phenoxy) is 1. The molecule has 0 saturated heterocycles. The molecule has 158 valence electrons. The van der Waals surface area contributed by atoms with Crippen LogP contribution in [0.3, 0.4) is 0 Å². The molecule has 0 bridgehead atoms. The van der Waals surface area contributed by atoms with Crippen molar-refractivity contribution in [2.24, 2.45) is 0 Å². The molecule has 1 heterocycles. The van der Waals surface area contributed by atoms with E-state index in [1.807, 2.05) is 73.7 Å². The number of carbonyl (C=O) groups is 1. The summed E-state index contributed by atoms with van der Waals surface area (Å²) in [4.78, 5) is 13.3. The average molecular weight is 422 g/mol. The molecule has 0 radical (unpaired) electrons. The number of amides is 1. The van der Waals surface area contributed by atoms with E-state index in [-0.39, 0.29) is 11.9 Å². The second-order valence-corrected chi connectivity index (χ2v) is 7.30. The van der Waals surface area contributed by atoms with Crippen LogP contribution in [-0.4, -0.2) is 22.8 Å². The summed E-state index contributed by atoms with van der Waals surface area (Å²) in [5, 5.41) is 16.8. The number of para-hydroxylation sites is 2. The van der Waals surface area contributed by atoms with E-state index < -0.39 is 0 Å². The molecule has 6 heteroatoms. The fraction of sp³-hybridized carbons (Fsp3) is 0.115. The zero-order valence-electron chi connectivity index (χ0n) is 17.8. The zero-order valence-corrected chi connectivity index (χ0v) is 17.8. The summed E-state index contributed by atoms with van der Waals surface area (Å²) in [6, 6.07) is 26.2. The summed E-state index contributed by atoms with van der Waals surface area (Å²) >= 11 is 0. The zero-order chi connectivity index (χ0) is 22.5. The number of methoxy groups -OCH3 is 1. The SMILES string of the molecule is COc1ccccc1-c1nn(-c2ccccc2)cc1C(=O)NC(C)c1ccc(C#N)cc1. The molecule has 1 atom stereocenters. The molecule has 0 saturated carbocycles. The minimum absolute atomic E-state index is 0.245. The Morgan fingerprint density at radius 3 is 2.41 bits per heavy atom. The molecule has 0 aliphatic heterocycles. The Labute approximate surface area is 186 Å². The quantitative estimate of drug-likeness (QED) is 0.479. The van der Waals surface area contributed by atoms with Gasteiger partial charge in [0.15, 0.2) is 0 Å². The monoisotopic (exact) mass is 422 g/mol. The lowest BCUT2D eigenvalue weighted by Gasteiger charge is -2.15. The van der Waals surface area contributed by atoms with Gasteiger partial charge in [-0.25, -0.2) is 4.68 Å². The molecule has 1 unspecified atom stereocenters. The Bertz CT molecular complexity index is 1270. The lowest BCUT2D eigenvalue weighted by Crippen LogP contribution is -2.26. The molecule has 1 amide bonds. The van der Waals surface area contributed by atoms with Gasteiger partial charge in [0.25, 0.3) is 5.91 Å². The molecule has 4 rings (SSSR count). The van der Waals surface area contributed by atoms with Gasteiger partial charge in [0.2, 0.25) is 0 Å². The van der Waals surface area contributed by atoms with Crippen LogP contribution in [0.25, 0.3) is 16.9 Å². The molecule has 1 aromatic heterocycles. The fourth-order valence-electron chi connectivity index (χ4n) is 3.50. The number of nitrogens with zero attached hydrogens (tertiary/aromatic N) is 3. The van der Waals surface area contributed by atoms with Gasteiger partial charge < -0.3 is 10.1 Å². The molecule has 0 spiro atoms. The van der Waals surface area contributed by atoms with Gasteiger partial charge in [-0.3, -0.25) is 4.79 Å². The first-order valence-electron chi connectivity index (χ1n) is 10.2. The van der Waals surface area contributed by atoms with Gasteiger partial charge in [-0.2, -0.15) is 10.4 Å². The summed E-state index contributed by atoms with van der Waals surface area (Å²) in [6.07, 6.45) is 1.73. The molecular formula is C26H22N4O2. The Balaban J connectivity index is 1.72. The third-order valence-electron chi connectivity index (χ3n) is 5.23. The first kappa shape index (κ1) is 20.9. The highest BCUT2D eigenvalue weighted by Crippen LogP contribution is 2.32. The highest BCUT2D eigenvalue weighted by Gasteiger charge is 2.22. The lowest BCUT2D eigenvalue weighted by atomic mass is 10.0. The number of aromatic nitrogens is 2. The molecule has 0 fully saturated rings. The Kier molecular flexibility index (Phi) is 6.00. The van der Waals surface area contributed by atoms with E-state index in [0.29, 0.717) is 22.6 Å². The van der Waals surface area contributed by atoms with Crippen LogP contribution in [0.1, 0.15) is 34.5 Å². The van der Waals surface area contributed by atoms with Gasteiger partial charge in [-0.05, 0) is 48.9 Å². The van der Waals surface area contributed by atoms with Crippen molar-refractivity contribution in [3.8, 4) is 28.8 Å². The van der Waals surface area contributed by atoms with Crippen molar-refractivity contribution in [2.45, 2.75) is 13.0 Å². The van der Waals surface area contributed by atoms with Gasteiger partial charge in [-0.15, -0.1) is 0 Å². The van der Waals surface area contributed by atoms with Gasteiger partial charge in [0.1, 0.15) is 11.4 Å². The summed E-state index contributed by atoms with van der Waals surface area (Å²) in [5.41, 5.74) is 4.06. The Morgan fingerprint density at radius 2 is 1.72 bits per heavy atom. The summed E-state index contributed by atoms with van der Waals surface area (Å²) in [6.45, 7) is 1.91. The second-order valence-electron chi connectivity index (χ2n) is 7.30. The number of carbonyl (C=O) groups excluding carboxylic acids is 1. The number of benzene rings is 3. The van der Waals surface area contributed by atoms with Crippen LogP contribution in [-0.2, 0) is 0 Å². The molecule has 3 aromatic carbocycles. The fourth-order valence-corrected chi connectivity index (χ4v) is 3.50. The first-order valence-corrected chi connectivity index (χ1v) is 10.2. The molecule has 1 N–H and O–H groups in total. The molecule has 0 aliphatic carbocycles. The predicted octanol–water partition coefficient (Wildman–Crippen LogP) is 4.91. The van der Waals surface area contributed by atoms with Gasteiger partial charge >= 0.3 is 0 Å². The number of nitrogens with one attached hydrogen (secondary N) is 1. The second kappa shape index (κ2) is 9.19. The first-order chi connectivity index (χ1) is 15.6. The summed E-state index contributed by atoms with van der Waals surface area (Å²) in [7, 11) is 1.60. The largest absolute Gasteiger partial charge is 0.496 e. The van der Waals surface area contributed by atoms with Crippen molar-refractivity contribution in [1.82, 2.24) is 15.1 Å². The van der Waals surface area contributed by atoms with Crippen LogP contribution >= 0.6 is 0 Å². The van der Waals surface area contributed by atoms with E-state index in [0.717, 1.165) is 16.8 Å². The van der Waals surface area contributed by atoms with Crippen molar-refractivity contribution in [1.29, 1.82) is 5.26 Å². The molecule has 0 aliphatic rings. The van der Waals surface area contributed by atoms with E-state index in [1.54, 1.807) is 30.1 Å². The number of hydrogen-bond donors (Lipinski definition) is 1. The van der Waals surface area contributed by atoms with Crippen LogP contribution < -0.4 is 10.1 Å². The van der Waals surface area contributed by atoms with Crippen LogP contribution in [0.5, 0.6) is 5.75 Å². The maximum absolute atomic E-state index is 13.3. The number of nitriles is 1. The molecule has 6 nitrogen and oxygen atoms in total. The van der Waals surface area contributed by atoms with E-state index in [4.69, 9.17) is 15.1 Å². The Hall–Kier alpha value is -4.37. The maximum Gasteiger partial charge on any atom is 0.255 e. The average Bonchev–Trinajstić information content (AvgIpc) is 3.30. The topological polar surface area (TPSA) is 79.9 Å². The van der Waals surface area contributed by atoms with E-state index in [9.17, 15) is 4.79 Å². The van der Waals surface area contributed by atoms with Crippen molar-refractivity contribution in [3.05, 3.63) is 102 Å². The summed E-state index contributed by atoms with van der Waals surface area (Å²) in [5.74, 6) is 0.393. The highest BCUT2D eigenvalue weighted by atomic mass is 16.5. The lowest BCUT2D eigenvalue weighted by molar-refractivity contribution is 0.0940. The van der Waals surface area contributed by atoms with Crippen molar-refractivity contribution < 1.29 is 9.53 Å². The van der Waals surface area contributed by atoms with Crippen LogP contribution in [0.4, 0.5) is 0 Å². The van der Waals surface area contributed by atoms with E-state index >= 15 is 0 Å². The Morgan fingerprint density at radius 1 is 1.03 bits per heavy atom. The van der Waals surface area contributed by atoms with Crippen LogP contribution in [0.15, 0.2) is 85.1 Å². The standard InChI is InChI=1S/C26H22N4O2/c1-18(20-14-12-19(16-27)13-15-20)28-26(31)23-17-30(21-8-4-3-5-9-21)29-25(23)22-10-6-7-11-24(22)32-2/h3-15,17-18H,1-2H3,(H,28,31). The third-order valence-corrected chi connectivity index (χ3v) is 5.23. The minimum atomic E-state index is -0.249. The molecular weight excluding hydrogens is 400 g/mol. The predicted molar refractivity (Wildman–Crippen MR) is 123 cm³/mol. The third kappa shape index (κ3) is 4.23. The molecule has 4 aromatic rings. The van der Waals surface area contributed by atoms with Crippen LogP contribution in [0, 0.1) is 11.3 Å². The molecule has 32 heavy (non-hydrogen) atoms. The summed E-state index contributed by atoms with van der Waals surface area (Å²) < 4.78 is 7.21. The van der Waals surface area contributed by atoms with Gasteiger partial charge in [0.05, 0.1) is 36.0 Å². The van der Waals surface area contributed by atoms with E-state index in [2.05, 4.69) is 11.4 Å². The van der Waals surface area contributed by atoms with Crippen molar-refractivity contribution in [3.63, 3.8) is 0 Å². The smallest absolute Gasteiger partial charge is 0.255 e. The maximum atomic E-state index is 13.3. The van der Waals surface area contributed by atoms with Gasteiger partial charge in [-0.1, -0.05) is 42.5 Å². The van der Waals surface area contributed by atoms with Crippen molar-refractivity contribution >= 4 is 5.91 Å². The van der Waals surface area contributed by atoms with E-state index in [1.165, 1.54) is 0 Å². The number of rotatable bonds is 6. The van der Waals surface area contributed by atoms with Crippen LogP contribution in [0.2, 0.25) is 0 Å². The van der Waals surface area contributed by atoms with Crippen molar-refractivity contribution in [2.75, 3.05) is 7.11 Å². The van der Waals surface area contributed by atoms with Gasteiger partial charge in [0, 0.05) is 11.8 Å².